The Labute approximate surface area is 116 Å². The van der Waals surface area contributed by atoms with Crippen molar-refractivity contribution in [2.45, 2.75) is 6.92 Å². The number of hydrogen-bond acceptors (Lipinski definition) is 2. The van der Waals surface area contributed by atoms with Crippen LogP contribution < -0.4 is 4.84 Å². The lowest BCUT2D eigenvalue weighted by molar-refractivity contribution is 0.324. The summed E-state index contributed by atoms with van der Waals surface area (Å²) in [5.41, 5.74) is 1.21. The molecule has 1 aromatic rings. The summed E-state index contributed by atoms with van der Waals surface area (Å²) >= 11 is 0. The molecule has 0 aliphatic carbocycles. The molecule has 0 spiro atoms. The Balaban J connectivity index is 3.11. The standard InChI is InChI=1S/C13H25N4OP/c1-12-8-10-13(11-9-12)18-14-19(15(2)3,16(4)5)17(6)7/h8-11H,1-7H3. The smallest absolute Gasteiger partial charge is 0.210 e. The molecule has 0 saturated heterocycles. The van der Waals surface area contributed by atoms with Gasteiger partial charge in [-0.15, -0.1) is 0 Å². The van der Waals surface area contributed by atoms with E-state index in [0.717, 1.165) is 5.75 Å². The first kappa shape index (κ1) is 16.2. The summed E-state index contributed by atoms with van der Waals surface area (Å²) in [6.45, 7) is 2.05. The number of nitrogens with zero attached hydrogens (tertiary/aromatic N) is 4. The normalized spacial score (nSPS) is 12.3. The molecule has 0 bridgehead atoms. The van der Waals surface area contributed by atoms with Crippen molar-refractivity contribution in [3.63, 3.8) is 0 Å². The summed E-state index contributed by atoms with van der Waals surface area (Å²) in [7, 11) is 10.2. The maximum absolute atomic E-state index is 5.66. The van der Waals surface area contributed by atoms with E-state index in [1.54, 1.807) is 0 Å². The molecule has 0 unspecified atom stereocenters. The Morgan fingerprint density at radius 3 is 1.63 bits per heavy atom. The van der Waals surface area contributed by atoms with Gasteiger partial charge in [0.05, 0.1) is 0 Å². The topological polar surface area (TPSA) is 31.3 Å². The summed E-state index contributed by atoms with van der Waals surface area (Å²) < 4.78 is 6.34. The second-order valence-corrected chi connectivity index (χ2v) is 8.70. The van der Waals surface area contributed by atoms with Crippen molar-refractivity contribution in [1.82, 2.24) is 14.0 Å². The van der Waals surface area contributed by atoms with Crippen LogP contribution in [-0.4, -0.2) is 56.3 Å². The molecule has 0 N–H and O–H groups in total. The highest BCUT2D eigenvalue weighted by atomic mass is 31.2. The predicted octanol–water partition coefficient (Wildman–Crippen LogP) is 2.92. The Kier molecular flexibility index (Phi) is 5.56. The van der Waals surface area contributed by atoms with Crippen molar-refractivity contribution in [3.8, 4) is 5.75 Å². The first-order valence-corrected chi connectivity index (χ1v) is 7.79. The van der Waals surface area contributed by atoms with Crippen molar-refractivity contribution in [2.75, 3.05) is 42.3 Å². The second kappa shape index (κ2) is 6.53. The van der Waals surface area contributed by atoms with Crippen molar-refractivity contribution in [3.05, 3.63) is 29.8 Å². The average Bonchev–Trinajstić information content (AvgIpc) is 2.30. The zero-order valence-electron chi connectivity index (χ0n) is 13.0. The van der Waals surface area contributed by atoms with Gasteiger partial charge in [0.15, 0.2) is 5.75 Å². The molecule has 0 aliphatic rings. The molecule has 0 aromatic heterocycles. The fraction of sp³-hybridized carbons (Fsp3) is 0.538. The molecule has 108 valence electrons. The van der Waals surface area contributed by atoms with E-state index in [2.05, 4.69) is 25.8 Å². The third-order valence-electron chi connectivity index (χ3n) is 2.89. The summed E-state index contributed by atoms with van der Waals surface area (Å²) in [5, 5.41) is 0. The molecule has 0 heterocycles. The van der Waals surface area contributed by atoms with Gasteiger partial charge in [-0.25, -0.2) is 14.0 Å². The van der Waals surface area contributed by atoms with E-state index < -0.39 is 7.51 Å². The van der Waals surface area contributed by atoms with Gasteiger partial charge in [-0.05, 0) is 61.3 Å². The third kappa shape index (κ3) is 3.57. The van der Waals surface area contributed by atoms with Crippen molar-refractivity contribution in [2.24, 2.45) is 4.91 Å². The SMILES string of the molecule is Cc1ccc(ON=P(N(C)C)(N(C)C)N(C)C)cc1. The van der Waals surface area contributed by atoms with E-state index in [9.17, 15) is 0 Å². The Morgan fingerprint density at radius 1 is 0.842 bits per heavy atom. The van der Waals surface area contributed by atoms with Crippen LogP contribution in [0.1, 0.15) is 5.56 Å². The van der Waals surface area contributed by atoms with Crippen molar-refractivity contribution >= 4 is 7.51 Å². The fourth-order valence-electron chi connectivity index (χ4n) is 1.99. The van der Waals surface area contributed by atoms with Crippen LogP contribution in [0.25, 0.3) is 0 Å². The molecule has 0 aliphatic heterocycles. The highest BCUT2D eigenvalue weighted by Crippen LogP contribution is 2.54. The van der Waals surface area contributed by atoms with E-state index >= 15 is 0 Å². The van der Waals surface area contributed by atoms with E-state index in [1.165, 1.54) is 5.56 Å². The van der Waals surface area contributed by atoms with E-state index in [4.69, 9.17) is 4.84 Å². The molecule has 1 aromatic carbocycles. The molecule has 5 nitrogen and oxygen atoms in total. The van der Waals surface area contributed by atoms with Crippen molar-refractivity contribution in [1.29, 1.82) is 0 Å². The number of hydrogen-bond donors (Lipinski definition) is 0. The lowest BCUT2D eigenvalue weighted by Gasteiger charge is -2.39. The summed E-state index contributed by atoms with van der Waals surface area (Å²) in [4.78, 5) is 10.2. The van der Waals surface area contributed by atoms with E-state index in [0.29, 0.717) is 0 Å². The number of rotatable bonds is 5. The largest absolute Gasteiger partial charge is 0.355 e. The molecule has 0 radical (unpaired) electrons. The van der Waals surface area contributed by atoms with Crippen LogP contribution in [0.5, 0.6) is 5.75 Å². The lowest BCUT2D eigenvalue weighted by Crippen LogP contribution is -2.31. The lowest BCUT2D eigenvalue weighted by atomic mass is 10.2. The van der Waals surface area contributed by atoms with Gasteiger partial charge < -0.3 is 4.84 Å². The van der Waals surface area contributed by atoms with Crippen LogP contribution in [0.4, 0.5) is 0 Å². The highest BCUT2D eigenvalue weighted by Gasteiger charge is 2.29. The van der Waals surface area contributed by atoms with Crippen LogP contribution in [0.2, 0.25) is 0 Å². The molecule has 1 rings (SSSR count). The molecule has 6 heteroatoms. The van der Waals surface area contributed by atoms with Gasteiger partial charge in [0, 0.05) is 0 Å². The molecule has 0 amide bonds. The maximum Gasteiger partial charge on any atom is 0.210 e. The van der Waals surface area contributed by atoms with Crippen LogP contribution in [0.15, 0.2) is 29.2 Å². The van der Waals surface area contributed by atoms with Crippen molar-refractivity contribution < 1.29 is 4.84 Å². The summed E-state index contributed by atoms with van der Waals surface area (Å²) in [5.74, 6) is 0.764. The van der Waals surface area contributed by atoms with Gasteiger partial charge in [0.2, 0.25) is 7.51 Å². The first-order valence-electron chi connectivity index (χ1n) is 6.19. The minimum Gasteiger partial charge on any atom is -0.355 e. The maximum atomic E-state index is 5.66. The quantitative estimate of drug-likeness (QED) is 0.614. The highest BCUT2D eigenvalue weighted by molar-refractivity contribution is 7.58. The molecular formula is C13H25N4OP. The van der Waals surface area contributed by atoms with Gasteiger partial charge in [-0.2, -0.15) is 0 Å². The van der Waals surface area contributed by atoms with Gasteiger partial charge in [0.1, 0.15) is 0 Å². The average molecular weight is 284 g/mol. The zero-order chi connectivity index (χ0) is 14.6. The first-order chi connectivity index (χ1) is 8.80. The zero-order valence-corrected chi connectivity index (χ0v) is 13.8. The Hall–Kier alpha value is -0.870. The van der Waals surface area contributed by atoms with Crippen LogP contribution in [0, 0.1) is 6.92 Å². The Morgan fingerprint density at radius 2 is 1.26 bits per heavy atom. The summed E-state index contributed by atoms with van der Waals surface area (Å²) in [6.07, 6.45) is 0. The number of benzene rings is 1. The van der Waals surface area contributed by atoms with Crippen LogP contribution in [0.3, 0.4) is 0 Å². The molecule has 0 saturated carbocycles. The van der Waals surface area contributed by atoms with Crippen LogP contribution >= 0.6 is 7.51 Å². The molecule has 19 heavy (non-hydrogen) atoms. The minimum atomic E-state index is -1.99. The van der Waals surface area contributed by atoms with Gasteiger partial charge in [-0.3, -0.25) is 0 Å². The molecular weight excluding hydrogens is 259 g/mol. The van der Waals surface area contributed by atoms with E-state index in [1.807, 2.05) is 66.6 Å². The van der Waals surface area contributed by atoms with E-state index in [-0.39, 0.29) is 0 Å². The third-order valence-corrected chi connectivity index (χ3v) is 6.41. The van der Waals surface area contributed by atoms with Gasteiger partial charge >= 0.3 is 0 Å². The fourth-order valence-corrected chi connectivity index (χ4v) is 4.78. The van der Waals surface area contributed by atoms with Gasteiger partial charge in [0.25, 0.3) is 0 Å². The Bertz CT molecular complexity index is 426. The monoisotopic (exact) mass is 284 g/mol. The second-order valence-electron chi connectivity index (χ2n) is 5.06. The predicted molar refractivity (Wildman–Crippen MR) is 82.2 cm³/mol. The summed E-state index contributed by atoms with van der Waals surface area (Å²) in [6, 6.07) is 7.92. The van der Waals surface area contributed by atoms with Gasteiger partial charge in [-0.1, -0.05) is 22.6 Å². The van der Waals surface area contributed by atoms with Crippen LogP contribution in [-0.2, 0) is 0 Å². The minimum absolute atomic E-state index is 0.764. The molecule has 0 atom stereocenters. The number of aryl methyl sites for hydroxylation is 1. The molecule has 0 fully saturated rings.